The summed E-state index contributed by atoms with van der Waals surface area (Å²) in [7, 11) is 0. The predicted octanol–water partition coefficient (Wildman–Crippen LogP) is 0.979. The molecule has 1 aliphatic rings. The highest BCUT2D eigenvalue weighted by Crippen LogP contribution is 2.35. The van der Waals surface area contributed by atoms with E-state index in [9.17, 15) is 9.70 Å². The standard InChI is InChI=1S/C5H8N2O2S/c1-5(2)7(6-9)3-4(8)10-5/h3H2,1-2H3. The van der Waals surface area contributed by atoms with Crippen LogP contribution in [0.2, 0.25) is 0 Å². The van der Waals surface area contributed by atoms with Crippen molar-refractivity contribution in [2.75, 3.05) is 6.54 Å². The summed E-state index contributed by atoms with van der Waals surface area (Å²) in [5, 5.41) is 3.99. The molecule has 0 N–H and O–H groups in total. The molecule has 0 aromatic carbocycles. The molecule has 5 heteroatoms. The molecule has 1 aliphatic heterocycles. The number of nitroso groups, excluding NO2 is 1. The highest BCUT2D eigenvalue weighted by atomic mass is 32.2. The molecule has 0 spiro atoms. The minimum Gasteiger partial charge on any atom is -0.285 e. The zero-order chi connectivity index (χ0) is 7.78. The van der Waals surface area contributed by atoms with Gasteiger partial charge in [0, 0.05) is 0 Å². The normalized spacial score (nSPS) is 23.4. The van der Waals surface area contributed by atoms with E-state index >= 15 is 0 Å². The van der Waals surface area contributed by atoms with Crippen molar-refractivity contribution in [1.82, 2.24) is 5.01 Å². The molecule has 0 aromatic heterocycles. The van der Waals surface area contributed by atoms with Crippen LogP contribution in [0.15, 0.2) is 5.29 Å². The molecule has 0 bridgehead atoms. The van der Waals surface area contributed by atoms with Crippen molar-refractivity contribution in [3.8, 4) is 0 Å². The highest BCUT2D eigenvalue weighted by molar-refractivity contribution is 8.15. The molecule has 0 amide bonds. The molecule has 0 saturated carbocycles. The number of carbonyl (C=O) groups excluding carboxylic acids is 1. The average Bonchev–Trinajstić information content (AvgIpc) is 2.04. The van der Waals surface area contributed by atoms with Crippen LogP contribution in [0.1, 0.15) is 13.8 Å². The first-order valence-electron chi connectivity index (χ1n) is 2.89. The summed E-state index contributed by atoms with van der Waals surface area (Å²) in [5.74, 6) is 0. The van der Waals surface area contributed by atoms with E-state index in [0.717, 1.165) is 11.8 Å². The van der Waals surface area contributed by atoms with Crippen molar-refractivity contribution >= 4 is 16.9 Å². The Labute approximate surface area is 62.9 Å². The molecule has 56 valence electrons. The number of hydrogen-bond donors (Lipinski definition) is 0. The van der Waals surface area contributed by atoms with Crippen LogP contribution >= 0.6 is 11.8 Å². The van der Waals surface area contributed by atoms with Crippen molar-refractivity contribution in [3.05, 3.63) is 4.91 Å². The van der Waals surface area contributed by atoms with E-state index in [-0.39, 0.29) is 11.7 Å². The van der Waals surface area contributed by atoms with Crippen LogP contribution in [0, 0.1) is 4.91 Å². The van der Waals surface area contributed by atoms with Crippen LogP contribution in [-0.2, 0) is 4.79 Å². The Hall–Kier alpha value is -0.580. The van der Waals surface area contributed by atoms with E-state index in [4.69, 9.17) is 0 Å². The Morgan fingerprint density at radius 3 is 2.50 bits per heavy atom. The van der Waals surface area contributed by atoms with Crippen molar-refractivity contribution in [3.63, 3.8) is 0 Å². The van der Waals surface area contributed by atoms with Gasteiger partial charge in [-0.2, -0.15) is 0 Å². The van der Waals surface area contributed by atoms with Crippen LogP contribution in [0.3, 0.4) is 0 Å². The molecule has 4 nitrogen and oxygen atoms in total. The first kappa shape index (κ1) is 7.53. The number of nitrogens with zero attached hydrogens (tertiary/aromatic N) is 2. The number of rotatable bonds is 1. The maximum atomic E-state index is 10.8. The van der Waals surface area contributed by atoms with Gasteiger partial charge < -0.3 is 0 Å². The fourth-order valence-corrected chi connectivity index (χ4v) is 1.75. The van der Waals surface area contributed by atoms with Gasteiger partial charge in [0.25, 0.3) is 0 Å². The largest absolute Gasteiger partial charge is 0.285 e. The van der Waals surface area contributed by atoms with Gasteiger partial charge in [0.15, 0.2) is 0 Å². The predicted molar refractivity (Wildman–Crippen MR) is 39.2 cm³/mol. The Bertz CT molecular complexity index is 180. The third-order valence-electron chi connectivity index (χ3n) is 1.36. The fourth-order valence-electron chi connectivity index (χ4n) is 0.803. The molecule has 0 atom stereocenters. The van der Waals surface area contributed by atoms with Gasteiger partial charge in [-0.25, -0.2) is 5.01 Å². The minimum absolute atomic E-state index is 0.00426. The maximum absolute atomic E-state index is 10.8. The second-order valence-corrected chi connectivity index (χ2v) is 4.22. The lowest BCUT2D eigenvalue weighted by atomic mass is 10.4. The summed E-state index contributed by atoms with van der Waals surface area (Å²) >= 11 is 1.15. The van der Waals surface area contributed by atoms with Gasteiger partial charge in [-0.1, -0.05) is 11.8 Å². The zero-order valence-electron chi connectivity index (χ0n) is 5.83. The lowest BCUT2D eigenvalue weighted by Gasteiger charge is -2.22. The summed E-state index contributed by atoms with van der Waals surface area (Å²) in [6.07, 6.45) is 0. The third kappa shape index (κ3) is 1.13. The Morgan fingerprint density at radius 1 is 1.70 bits per heavy atom. The number of carbonyl (C=O) groups is 1. The second kappa shape index (κ2) is 2.23. The van der Waals surface area contributed by atoms with Crippen LogP contribution in [0.5, 0.6) is 0 Å². The quantitative estimate of drug-likeness (QED) is 0.536. The van der Waals surface area contributed by atoms with E-state index in [0.29, 0.717) is 0 Å². The Morgan fingerprint density at radius 2 is 2.30 bits per heavy atom. The van der Waals surface area contributed by atoms with E-state index in [1.165, 1.54) is 5.01 Å². The van der Waals surface area contributed by atoms with Crippen molar-refractivity contribution < 1.29 is 4.79 Å². The average molecular weight is 160 g/mol. The van der Waals surface area contributed by atoms with E-state index in [2.05, 4.69) is 5.29 Å². The molecule has 1 fully saturated rings. The van der Waals surface area contributed by atoms with E-state index < -0.39 is 4.87 Å². The minimum atomic E-state index is -0.446. The van der Waals surface area contributed by atoms with Crippen LogP contribution in [-0.4, -0.2) is 21.5 Å². The summed E-state index contributed by atoms with van der Waals surface area (Å²) in [6, 6.07) is 0. The van der Waals surface area contributed by atoms with Gasteiger partial charge in [0.05, 0.1) is 5.29 Å². The molecular weight excluding hydrogens is 152 g/mol. The molecule has 1 saturated heterocycles. The molecular formula is C5H8N2O2S. The van der Waals surface area contributed by atoms with Crippen LogP contribution in [0.4, 0.5) is 0 Å². The summed E-state index contributed by atoms with van der Waals surface area (Å²) in [6.45, 7) is 3.73. The third-order valence-corrected chi connectivity index (χ3v) is 2.43. The van der Waals surface area contributed by atoms with Crippen LogP contribution in [0.25, 0.3) is 0 Å². The monoisotopic (exact) mass is 160 g/mol. The first-order chi connectivity index (χ1) is 4.56. The summed E-state index contributed by atoms with van der Waals surface area (Å²) in [5.41, 5.74) is 0. The highest BCUT2D eigenvalue weighted by Gasteiger charge is 2.38. The Kier molecular flexibility index (Phi) is 1.68. The lowest BCUT2D eigenvalue weighted by molar-refractivity contribution is -0.111. The smallest absolute Gasteiger partial charge is 0.212 e. The van der Waals surface area contributed by atoms with E-state index in [1.54, 1.807) is 13.8 Å². The molecule has 10 heavy (non-hydrogen) atoms. The molecule has 0 aromatic rings. The van der Waals surface area contributed by atoms with Gasteiger partial charge in [-0.15, -0.1) is 4.91 Å². The lowest BCUT2D eigenvalue weighted by Crippen LogP contribution is -2.31. The molecule has 1 rings (SSSR count). The van der Waals surface area contributed by atoms with Gasteiger partial charge in [-0.3, -0.25) is 4.79 Å². The molecule has 0 radical (unpaired) electrons. The molecule has 0 aliphatic carbocycles. The van der Waals surface area contributed by atoms with Gasteiger partial charge in [0.1, 0.15) is 11.4 Å². The summed E-state index contributed by atoms with van der Waals surface area (Å²) in [4.78, 5) is 20.4. The molecule has 1 heterocycles. The molecule has 0 unspecified atom stereocenters. The van der Waals surface area contributed by atoms with Gasteiger partial charge in [-0.05, 0) is 13.8 Å². The SMILES string of the molecule is CC1(C)SC(=O)CN1N=O. The number of thioether (sulfide) groups is 1. The maximum Gasteiger partial charge on any atom is 0.212 e. The second-order valence-electron chi connectivity index (χ2n) is 2.56. The zero-order valence-corrected chi connectivity index (χ0v) is 6.64. The topological polar surface area (TPSA) is 49.7 Å². The van der Waals surface area contributed by atoms with Gasteiger partial charge >= 0.3 is 0 Å². The first-order valence-corrected chi connectivity index (χ1v) is 3.70. The van der Waals surface area contributed by atoms with Gasteiger partial charge in [0.2, 0.25) is 5.12 Å². The van der Waals surface area contributed by atoms with Crippen molar-refractivity contribution in [2.24, 2.45) is 5.29 Å². The van der Waals surface area contributed by atoms with E-state index in [1.807, 2.05) is 0 Å². The van der Waals surface area contributed by atoms with Crippen molar-refractivity contribution in [1.29, 1.82) is 0 Å². The number of hydrogen-bond acceptors (Lipinski definition) is 4. The van der Waals surface area contributed by atoms with Crippen molar-refractivity contribution in [2.45, 2.75) is 18.7 Å². The Balaban J connectivity index is 2.76. The summed E-state index contributed by atoms with van der Waals surface area (Å²) < 4.78 is 0. The fraction of sp³-hybridized carbons (Fsp3) is 0.800. The van der Waals surface area contributed by atoms with Crippen LogP contribution < -0.4 is 0 Å².